The quantitative estimate of drug-likeness (QED) is 0.861. The van der Waals surface area contributed by atoms with Crippen LogP contribution in [-0.4, -0.2) is 20.2 Å². The second-order valence-electron chi connectivity index (χ2n) is 3.10. The van der Waals surface area contributed by atoms with Gasteiger partial charge in [0.05, 0.1) is 19.0 Å². The molecule has 0 atom stereocenters. The van der Waals surface area contributed by atoms with Crippen molar-refractivity contribution in [3.8, 4) is 17.5 Å². The average molecular weight is 278 g/mol. The maximum absolute atomic E-state index is 8.45. The van der Waals surface area contributed by atoms with Gasteiger partial charge in [-0.15, -0.1) is 10.2 Å². The number of nitrogens with zero attached hydrogens (tertiary/aromatic N) is 5. The molecule has 1 aromatic heterocycles. The first-order valence-corrected chi connectivity index (χ1v) is 5.50. The Bertz CT molecular complexity index is 528. The first-order valence-electron chi connectivity index (χ1n) is 4.71. The monoisotopic (exact) mass is 277 g/mol. The number of nitriles is 1. The van der Waals surface area contributed by atoms with E-state index in [0.717, 1.165) is 10.0 Å². The van der Waals surface area contributed by atoms with Crippen LogP contribution in [0.15, 0.2) is 28.7 Å². The van der Waals surface area contributed by atoms with Crippen LogP contribution in [0.2, 0.25) is 0 Å². The molecule has 0 aliphatic rings. The summed E-state index contributed by atoms with van der Waals surface area (Å²) in [5.74, 6) is 0.561. The molecule has 80 valence electrons. The number of hydrogen-bond donors (Lipinski definition) is 0. The van der Waals surface area contributed by atoms with Crippen LogP contribution in [0.5, 0.6) is 0 Å². The maximum Gasteiger partial charge on any atom is 0.206 e. The van der Waals surface area contributed by atoms with Crippen molar-refractivity contribution in [3.63, 3.8) is 0 Å². The molecule has 0 fully saturated rings. The summed E-state index contributed by atoms with van der Waals surface area (Å²) in [5.41, 5.74) is 0.894. The Morgan fingerprint density at radius 3 is 2.94 bits per heavy atom. The third-order valence-corrected chi connectivity index (χ3v) is 2.68. The summed E-state index contributed by atoms with van der Waals surface area (Å²) in [6.07, 6.45) is 0.381. The lowest BCUT2D eigenvalue weighted by Gasteiger charge is -1.96. The van der Waals surface area contributed by atoms with Gasteiger partial charge >= 0.3 is 0 Å². The molecule has 0 unspecified atom stereocenters. The molecule has 2 aromatic rings. The van der Waals surface area contributed by atoms with Crippen LogP contribution >= 0.6 is 15.9 Å². The second kappa shape index (κ2) is 4.86. The zero-order chi connectivity index (χ0) is 11.4. The molecule has 5 nitrogen and oxygen atoms in total. The van der Waals surface area contributed by atoms with Crippen molar-refractivity contribution in [1.82, 2.24) is 20.2 Å². The first kappa shape index (κ1) is 10.8. The number of benzene rings is 1. The Labute approximate surface area is 101 Å². The Kier molecular flexibility index (Phi) is 3.27. The van der Waals surface area contributed by atoms with E-state index < -0.39 is 0 Å². The number of aromatic nitrogens is 4. The van der Waals surface area contributed by atoms with E-state index in [-0.39, 0.29) is 0 Å². The van der Waals surface area contributed by atoms with Gasteiger partial charge in [-0.05, 0) is 17.3 Å². The average Bonchev–Trinajstić information content (AvgIpc) is 2.75. The van der Waals surface area contributed by atoms with E-state index in [1.165, 1.54) is 4.80 Å². The molecule has 1 aromatic carbocycles. The summed E-state index contributed by atoms with van der Waals surface area (Å²) in [7, 11) is 0. The molecule has 0 aliphatic heterocycles. The Morgan fingerprint density at radius 1 is 1.38 bits per heavy atom. The highest BCUT2D eigenvalue weighted by Gasteiger charge is 2.08. The summed E-state index contributed by atoms with van der Waals surface area (Å²) >= 11 is 3.43. The van der Waals surface area contributed by atoms with Gasteiger partial charge < -0.3 is 0 Å². The van der Waals surface area contributed by atoms with Crippen LogP contribution < -0.4 is 0 Å². The minimum absolute atomic E-state index is 0.381. The Morgan fingerprint density at radius 2 is 2.19 bits per heavy atom. The molecule has 1 heterocycles. The van der Waals surface area contributed by atoms with Gasteiger partial charge in [0, 0.05) is 10.0 Å². The summed E-state index contributed by atoms with van der Waals surface area (Å²) in [5, 5.41) is 20.5. The third kappa shape index (κ3) is 2.25. The van der Waals surface area contributed by atoms with Gasteiger partial charge in [0.1, 0.15) is 0 Å². The Balaban J connectivity index is 2.26. The lowest BCUT2D eigenvalue weighted by Crippen LogP contribution is -2.01. The topological polar surface area (TPSA) is 67.4 Å². The lowest BCUT2D eigenvalue weighted by molar-refractivity contribution is 0.531. The molecule has 0 amide bonds. The zero-order valence-corrected chi connectivity index (χ0v) is 9.92. The molecule has 6 heteroatoms. The van der Waals surface area contributed by atoms with Crippen LogP contribution in [0.1, 0.15) is 6.42 Å². The molecule has 0 aliphatic carbocycles. The molecular formula is C10H8BrN5. The predicted octanol–water partition coefficient (Wildman–Crippen LogP) is 2.02. The smallest absolute Gasteiger partial charge is 0.198 e. The zero-order valence-electron chi connectivity index (χ0n) is 8.34. The number of hydrogen-bond acceptors (Lipinski definition) is 4. The van der Waals surface area contributed by atoms with E-state index >= 15 is 0 Å². The Hall–Kier alpha value is -1.74. The van der Waals surface area contributed by atoms with Crippen molar-refractivity contribution in [2.24, 2.45) is 0 Å². The fourth-order valence-corrected chi connectivity index (χ4v) is 1.70. The van der Waals surface area contributed by atoms with E-state index in [9.17, 15) is 0 Å². The normalized spacial score (nSPS) is 10.0. The van der Waals surface area contributed by atoms with Gasteiger partial charge in [-0.1, -0.05) is 28.1 Å². The van der Waals surface area contributed by atoms with Gasteiger partial charge in [0.15, 0.2) is 0 Å². The fourth-order valence-electron chi connectivity index (χ4n) is 1.24. The number of halogens is 1. The standard InChI is InChI=1S/C10H8BrN5/c11-9-5-2-1-4-8(9)10-13-15-16(14-10)7-3-6-12/h1-2,4-5H,3,7H2. The summed E-state index contributed by atoms with van der Waals surface area (Å²) in [6, 6.07) is 9.71. The van der Waals surface area contributed by atoms with Crippen LogP contribution in [0, 0.1) is 11.3 Å². The molecule has 0 saturated heterocycles. The number of tetrazole rings is 1. The van der Waals surface area contributed by atoms with Crippen LogP contribution in [-0.2, 0) is 6.54 Å². The van der Waals surface area contributed by atoms with Crippen molar-refractivity contribution in [3.05, 3.63) is 28.7 Å². The lowest BCUT2D eigenvalue weighted by atomic mass is 10.2. The molecular weight excluding hydrogens is 270 g/mol. The van der Waals surface area contributed by atoms with E-state index in [1.54, 1.807) is 0 Å². The molecule has 0 saturated carbocycles. The second-order valence-corrected chi connectivity index (χ2v) is 3.95. The molecule has 0 bridgehead atoms. The van der Waals surface area contributed by atoms with Crippen molar-refractivity contribution in [2.45, 2.75) is 13.0 Å². The van der Waals surface area contributed by atoms with Crippen LogP contribution in [0.3, 0.4) is 0 Å². The van der Waals surface area contributed by atoms with E-state index in [4.69, 9.17) is 5.26 Å². The molecule has 0 N–H and O–H groups in total. The minimum Gasteiger partial charge on any atom is -0.198 e. The molecule has 0 spiro atoms. The van der Waals surface area contributed by atoms with Gasteiger partial charge in [0.2, 0.25) is 5.82 Å². The molecule has 0 radical (unpaired) electrons. The SMILES string of the molecule is N#CCCn1nnc(-c2ccccc2Br)n1. The van der Waals surface area contributed by atoms with Crippen molar-refractivity contribution < 1.29 is 0 Å². The van der Waals surface area contributed by atoms with Gasteiger partial charge in [0.25, 0.3) is 0 Å². The number of rotatable bonds is 3. The largest absolute Gasteiger partial charge is 0.206 e. The van der Waals surface area contributed by atoms with Gasteiger partial charge in [-0.2, -0.15) is 10.1 Å². The fraction of sp³-hybridized carbons (Fsp3) is 0.200. The molecule has 16 heavy (non-hydrogen) atoms. The maximum atomic E-state index is 8.45. The van der Waals surface area contributed by atoms with E-state index in [1.807, 2.05) is 30.3 Å². The van der Waals surface area contributed by atoms with E-state index in [2.05, 4.69) is 31.3 Å². The van der Waals surface area contributed by atoms with Crippen LogP contribution in [0.25, 0.3) is 11.4 Å². The van der Waals surface area contributed by atoms with Crippen molar-refractivity contribution in [1.29, 1.82) is 5.26 Å². The highest BCUT2D eigenvalue weighted by atomic mass is 79.9. The van der Waals surface area contributed by atoms with Crippen molar-refractivity contribution >= 4 is 15.9 Å². The first-order chi connectivity index (χ1) is 7.81. The van der Waals surface area contributed by atoms with Gasteiger partial charge in [-0.25, -0.2) is 0 Å². The summed E-state index contributed by atoms with van der Waals surface area (Å²) in [6.45, 7) is 0.466. The molecule has 2 rings (SSSR count). The highest BCUT2D eigenvalue weighted by molar-refractivity contribution is 9.10. The highest BCUT2D eigenvalue weighted by Crippen LogP contribution is 2.24. The number of aryl methyl sites for hydroxylation is 1. The van der Waals surface area contributed by atoms with Crippen molar-refractivity contribution in [2.75, 3.05) is 0 Å². The van der Waals surface area contributed by atoms with E-state index in [0.29, 0.717) is 18.8 Å². The predicted molar refractivity (Wildman–Crippen MR) is 61.2 cm³/mol. The third-order valence-electron chi connectivity index (χ3n) is 1.99. The van der Waals surface area contributed by atoms with Gasteiger partial charge in [-0.3, -0.25) is 0 Å². The summed E-state index contributed by atoms with van der Waals surface area (Å²) in [4.78, 5) is 1.43. The summed E-state index contributed by atoms with van der Waals surface area (Å²) < 4.78 is 0.926. The minimum atomic E-state index is 0.381. The van der Waals surface area contributed by atoms with Crippen LogP contribution in [0.4, 0.5) is 0 Å².